The highest BCUT2D eigenvalue weighted by molar-refractivity contribution is 6.42. The van der Waals surface area contributed by atoms with Crippen LogP contribution in [0.15, 0.2) is 0 Å². The molecule has 0 radical (unpaired) electrons. The quantitative estimate of drug-likeness (QED) is 0.653. The molecule has 1 aromatic rings. The molecule has 29 heavy (non-hydrogen) atoms. The molecule has 1 aromatic heterocycles. The normalized spacial score (nSPS) is 23.2. The number of piperazine rings is 1. The lowest BCUT2D eigenvalue weighted by molar-refractivity contribution is -0.119. The van der Waals surface area contributed by atoms with Gasteiger partial charge in [-0.15, -0.1) is 0 Å². The van der Waals surface area contributed by atoms with E-state index >= 15 is 0 Å². The molecule has 2 N–H and O–H groups in total. The summed E-state index contributed by atoms with van der Waals surface area (Å²) < 4.78 is 0. The summed E-state index contributed by atoms with van der Waals surface area (Å²) in [5.41, 5.74) is 5.33. The van der Waals surface area contributed by atoms with Crippen molar-refractivity contribution in [1.82, 2.24) is 14.9 Å². The molecule has 0 bridgehead atoms. The van der Waals surface area contributed by atoms with Gasteiger partial charge >= 0.3 is 0 Å². The minimum absolute atomic E-state index is 0.158. The van der Waals surface area contributed by atoms with Gasteiger partial charge in [0.25, 0.3) is 0 Å². The SMILES string of the molecule is CN(C)c1nc(Cl)c(Cl)c(N2CCN(CCC3CCC(CC(N)=O)CC3)CC2)n1. The molecule has 3 rings (SSSR count). The van der Waals surface area contributed by atoms with Crippen LogP contribution in [0.1, 0.15) is 38.5 Å². The van der Waals surface area contributed by atoms with Gasteiger partial charge in [-0.05, 0) is 37.6 Å². The highest BCUT2D eigenvalue weighted by Crippen LogP contribution is 2.34. The van der Waals surface area contributed by atoms with E-state index in [0.717, 1.165) is 57.3 Å². The summed E-state index contributed by atoms with van der Waals surface area (Å²) in [5.74, 6) is 2.42. The lowest BCUT2D eigenvalue weighted by Gasteiger charge is -2.37. The molecule has 1 amide bonds. The Hall–Kier alpha value is -1.31. The smallest absolute Gasteiger partial charge is 0.228 e. The van der Waals surface area contributed by atoms with Crippen LogP contribution in [0.5, 0.6) is 0 Å². The number of amides is 1. The number of nitrogens with zero attached hydrogens (tertiary/aromatic N) is 5. The predicted molar refractivity (Wildman–Crippen MR) is 119 cm³/mol. The van der Waals surface area contributed by atoms with Gasteiger partial charge in [0, 0.05) is 46.7 Å². The molecule has 0 atom stereocenters. The second kappa shape index (κ2) is 10.1. The Labute approximate surface area is 183 Å². The minimum Gasteiger partial charge on any atom is -0.370 e. The van der Waals surface area contributed by atoms with E-state index in [9.17, 15) is 4.79 Å². The highest BCUT2D eigenvalue weighted by Gasteiger charge is 2.25. The molecule has 0 unspecified atom stereocenters. The first-order valence-corrected chi connectivity index (χ1v) is 11.2. The van der Waals surface area contributed by atoms with Crippen molar-refractivity contribution in [2.24, 2.45) is 17.6 Å². The van der Waals surface area contributed by atoms with Crippen LogP contribution in [-0.4, -0.2) is 67.6 Å². The molecule has 2 heterocycles. The van der Waals surface area contributed by atoms with Crippen LogP contribution in [0.3, 0.4) is 0 Å². The molecule has 0 spiro atoms. The Bertz CT molecular complexity index is 700. The Morgan fingerprint density at radius 1 is 1.07 bits per heavy atom. The summed E-state index contributed by atoms with van der Waals surface area (Å²) >= 11 is 12.6. The summed E-state index contributed by atoms with van der Waals surface area (Å²) in [7, 11) is 3.78. The average Bonchev–Trinajstić information content (AvgIpc) is 2.69. The first kappa shape index (κ1) is 22.4. The third-order valence-corrected chi connectivity index (χ3v) is 6.88. The number of primary amides is 1. The van der Waals surface area contributed by atoms with Crippen molar-refractivity contribution in [2.75, 3.05) is 56.6 Å². The molecule has 1 saturated carbocycles. The van der Waals surface area contributed by atoms with Crippen LogP contribution < -0.4 is 15.5 Å². The highest BCUT2D eigenvalue weighted by atomic mass is 35.5. The van der Waals surface area contributed by atoms with Gasteiger partial charge in [0.1, 0.15) is 5.02 Å². The van der Waals surface area contributed by atoms with Gasteiger partial charge in [0.05, 0.1) is 0 Å². The van der Waals surface area contributed by atoms with Crippen molar-refractivity contribution in [3.8, 4) is 0 Å². The van der Waals surface area contributed by atoms with E-state index in [1.54, 1.807) is 0 Å². The van der Waals surface area contributed by atoms with Crippen molar-refractivity contribution < 1.29 is 4.79 Å². The Balaban J connectivity index is 1.45. The topological polar surface area (TPSA) is 78.6 Å². The maximum Gasteiger partial charge on any atom is 0.228 e. The Kier molecular flexibility index (Phi) is 7.82. The summed E-state index contributed by atoms with van der Waals surface area (Å²) in [5, 5.41) is 0.730. The molecule has 1 saturated heterocycles. The standard InChI is InChI=1S/C20H32Cl2N6O/c1-26(2)20-24-18(22)17(21)19(25-20)28-11-9-27(10-12-28)8-7-14-3-5-15(6-4-14)13-16(23)29/h14-15H,3-13H2,1-2H3,(H2,23,29). The molecular weight excluding hydrogens is 411 g/mol. The van der Waals surface area contributed by atoms with Gasteiger partial charge in [0.15, 0.2) is 11.0 Å². The van der Waals surface area contributed by atoms with Crippen molar-refractivity contribution in [1.29, 1.82) is 0 Å². The number of rotatable bonds is 7. The zero-order valence-electron chi connectivity index (χ0n) is 17.4. The third-order valence-electron chi connectivity index (χ3n) is 6.16. The fourth-order valence-electron chi connectivity index (χ4n) is 4.36. The van der Waals surface area contributed by atoms with E-state index in [0.29, 0.717) is 28.5 Å². The van der Waals surface area contributed by atoms with Crippen LogP contribution in [0.25, 0.3) is 0 Å². The maximum atomic E-state index is 11.1. The molecule has 1 aliphatic carbocycles. The number of aromatic nitrogens is 2. The van der Waals surface area contributed by atoms with Crippen molar-refractivity contribution in [3.05, 3.63) is 10.2 Å². The fourth-order valence-corrected chi connectivity index (χ4v) is 4.73. The number of hydrogen-bond donors (Lipinski definition) is 1. The van der Waals surface area contributed by atoms with E-state index in [-0.39, 0.29) is 5.91 Å². The number of hydrogen-bond acceptors (Lipinski definition) is 6. The largest absolute Gasteiger partial charge is 0.370 e. The molecule has 2 fully saturated rings. The second-order valence-electron chi connectivity index (χ2n) is 8.52. The minimum atomic E-state index is -0.158. The van der Waals surface area contributed by atoms with Gasteiger partial charge in [-0.25, -0.2) is 0 Å². The summed E-state index contributed by atoms with van der Waals surface area (Å²) in [6, 6.07) is 0. The van der Waals surface area contributed by atoms with Gasteiger partial charge in [0.2, 0.25) is 11.9 Å². The summed E-state index contributed by atoms with van der Waals surface area (Å²) in [4.78, 5) is 26.5. The molecule has 2 aliphatic rings. The van der Waals surface area contributed by atoms with Crippen LogP contribution in [0, 0.1) is 11.8 Å². The first-order valence-electron chi connectivity index (χ1n) is 10.5. The first-order chi connectivity index (χ1) is 13.8. The van der Waals surface area contributed by atoms with E-state index in [4.69, 9.17) is 28.9 Å². The zero-order chi connectivity index (χ0) is 21.0. The number of carbonyl (C=O) groups excluding carboxylic acids is 1. The lowest BCUT2D eigenvalue weighted by Crippen LogP contribution is -2.47. The fraction of sp³-hybridized carbons (Fsp3) is 0.750. The molecule has 7 nitrogen and oxygen atoms in total. The van der Waals surface area contributed by atoms with E-state index in [1.807, 2.05) is 19.0 Å². The second-order valence-corrected chi connectivity index (χ2v) is 9.26. The predicted octanol–water partition coefficient (Wildman–Crippen LogP) is 3.04. The number of nitrogens with two attached hydrogens (primary N) is 1. The number of carbonyl (C=O) groups is 1. The van der Waals surface area contributed by atoms with Crippen molar-refractivity contribution >= 4 is 40.9 Å². The van der Waals surface area contributed by atoms with Crippen LogP contribution in [0.4, 0.5) is 11.8 Å². The third kappa shape index (κ3) is 6.09. The van der Waals surface area contributed by atoms with E-state index < -0.39 is 0 Å². The van der Waals surface area contributed by atoms with Gasteiger partial charge in [-0.1, -0.05) is 36.0 Å². The zero-order valence-corrected chi connectivity index (χ0v) is 18.9. The van der Waals surface area contributed by atoms with Gasteiger partial charge in [-0.2, -0.15) is 9.97 Å². The molecule has 9 heteroatoms. The van der Waals surface area contributed by atoms with Crippen LogP contribution in [0.2, 0.25) is 10.2 Å². The summed E-state index contributed by atoms with van der Waals surface area (Å²) in [6.45, 7) is 4.87. The Morgan fingerprint density at radius 3 is 2.28 bits per heavy atom. The molecule has 162 valence electrons. The monoisotopic (exact) mass is 442 g/mol. The van der Waals surface area contributed by atoms with Crippen molar-refractivity contribution in [2.45, 2.75) is 38.5 Å². The average molecular weight is 443 g/mol. The molecule has 1 aliphatic heterocycles. The van der Waals surface area contributed by atoms with E-state index in [2.05, 4.69) is 19.8 Å². The molecular formula is C20H32Cl2N6O. The summed E-state index contributed by atoms with van der Waals surface area (Å²) in [6.07, 6.45) is 6.51. The Morgan fingerprint density at radius 2 is 1.69 bits per heavy atom. The number of halogens is 2. The van der Waals surface area contributed by atoms with Crippen molar-refractivity contribution in [3.63, 3.8) is 0 Å². The molecule has 0 aromatic carbocycles. The van der Waals surface area contributed by atoms with Crippen LogP contribution >= 0.6 is 23.2 Å². The lowest BCUT2D eigenvalue weighted by atomic mass is 9.79. The number of anilines is 2. The van der Waals surface area contributed by atoms with Gasteiger partial charge in [-0.3, -0.25) is 9.69 Å². The maximum absolute atomic E-state index is 11.1. The van der Waals surface area contributed by atoms with Crippen LogP contribution in [-0.2, 0) is 4.79 Å². The van der Waals surface area contributed by atoms with Gasteiger partial charge < -0.3 is 15.5 Å². The van der Waals surface area contributed by atoms with E-state index in [1.165, 1.54) is 19.3 Å².